The predicted molar refractivity (Wildman–Crippen MR) is 69.8 cm³/mol. The molecule has 0 aromatic carbocycles. The molecule has 0 unspecified atom stereocenters. The highest BCUT2D eigenvalue weighted by atomic mass is 32.2. The number of nitrogens with zero attached hydrogens (tertiary/aromatic N) is 3. The molecule has 3 N–H and O–H groups in total. The van der Waals surface area contributed by atoms with Gasteiger partial charge in [0.2, 0.25) is 11.1 Å². The van der Waals surface area contributed by atoms with E-state index in [0.29, 0.717) is 30.6 Å². The van der Waals surface area contributed by atoms with Crippen molar-refractivity contribution < 1.29 is 9.53 Å². The molecule has 0 aliphatic carbocycles. The molecule has 1 aromatic heterocycles. The number of nitrogens with one attached hydrogen (secondary N) is 1. The van der Waals surface area contributed by atoms with E-state index >= 15 is 0 Å². The lowest BCUT2D eigenvalue weighted by molar-refractivity contribution is -0.118. The fourth-order valence-corrected chi connectivity index (χ4v) is 1.98. The Labute approximate surface area is 110 Å². The van der Waals surface area contributed by atoms with E-state index in [2.05, 4.69) is 15.5 Å². The lowest BCUT2D eigenvalue weighted by Gasteiger charge is -2.04. The van der Waals surface area contributed by atoms with E-state index in [1.807, 2.05) is 6.92 Å². The van der Waals surface area contributed by atoms with E-state index in [0.717, 1.165) is 6.42 Å². The number of aryl methyl sites for hydroxylation is 1. The van der Waals surface area contributed by atoms with Crippen molar-refractivity contribution in [3.8, 4) is 0 Å². The summed E-state index contributed by atoms with van der Waals surface area (Å²) < 4.78 is 6.31. The minimum atomic E-state index is -0.0443. The Balaban J connectivity index is 2.27. The summed E-state index contributed by atoms with van der Waals surface area (Å²) in [5.41, 5.74) is 0. The molecule has 1 heterocycles. The number of hydrogen-bond acceptors (Lipinski definition) is 6. The van der Waals surface area contributed by atoms with Crippen molar-refractivity contribution in [2.24, 2.45) is 0 Å². The number of nitrogen functional groups attached to an aromatic ring is 1. The molecule has 7 nitrogen and oxygen atoms in total. The van der Waals surface area contributed by atoms with Crippen molar-refractivity contribution in [2.75, 3.05) is 31.9 Å². The highest BCUT2D eigenvalue weighted by Crippen LogP contribution is 2.13. The Kier molecular flexibility index (Phi) is 6.51. The smallest absolute Gasteiger partial charge is 0.230 e. The van der Waals surface area contributed by atoms with Crippen molar-refractivity contribution in [3.63, 3.8) is 0 Å². The van der Waals surface area contributed by atoms with Gasteiger partial charge in [0.25, 0.3) is 0 Å². The molecule has 0 aliphatic heterocycles. The monoisotopic (exact) mass is 273 g/mol. The van der Waals surface area contributed by atoms with Gasteiger partial charge < -0.3 is 15.9 Å². The summed E-state index contributed by atoms with van der Waals surface area (Å²) in [7, 11) is 1.64. The summed E-state index contributed by atoms with van der Waals surface area (Å²) >= 11 is 1.28. The van der Waals surface area contributed by atoms with Crippen LogP contribution in [0.3, 0.4) is 0 Å². The van der Waals surface area contributed by atoms with Gasteiger partial charge >= 0.3 is 0 Å². The number of methoxy groups -OCH3 is 1. The van der Waals surface area contributed by atoms with Gasteiger partial charge in [0, 0.05) is 26.7 Å². The normalized spacial score (nSPS) is 10.6. The lowest BCUT2D eigenvalue weighted by Crippen LogP contribution is -2.27. The lowest BCUT2D eigenvalue weighted by atomic mass is 10.4. The molecule has 18 heavy (non-hydrogen) atoms. The van der Waals surface area contributed by atoms with Crippen molar-refractivity contribution in [2.45, 2.75) is 24.9 Å². The van der Waals surface area contributed by atoms with Gasteiger partial charge in [-0.05, 0) is 6.42 Å². The molecule has 0 atom stereocenters. The highest BCUT2D eigenvalue weighted by Gasteiger charge is 2.10. The summed E-state index contributed by atoms with van der Waals surface area (Å²) in [6, 6.07) is 0. The number of carbonyl (C=O) groups is 1. The fraction of sp³-hybridized carbons (Fsp3) is 0.700. The number of thioether (sulfide) groups is 1. The Hall–Kier alpha value is -1.28. The molecular weight excluding hydrogens is 254 g/mol. The summed E-state index contributed by atoms with van der Waals surface area (Å²) in [5, 5.41) is 11.2. The first-order valence-electron chi connectivity index (χ1n) is 5.76. The summed E-state index contributed by atoms with van der Waals surface area (Å²) in [6.45, 7) is 3.21. The van der Waals surface area contributed by atoms with E-state index in [9.17, 15) is 4.79 Å². The molecular formula is C10H19N5O2S. The molecule has 0 saturated heterocycles. The number of hydrogen-bond donors (Lipinski definition) is 2. The zero-order chi connectivity index (χ0) is 13.4. The van der Waals surface area contributed by atoms with E-state index in [1.54, 1.807) is 7.11 Å². The maximum atomic E-state index is 11.5. The van der Waals surface area contributed by atoms with E-state index < -0.39 is 0 Å². The molecule has 0 spiro atoms. The number of aromatic nitrogens is 3. The number of amides is 1. The first-order valence-corrected chi connectivity index (χ1v) is 6.75. The molecule has 0 aliphatic rings. The van der Waals surface area contributed by atoms with Gasteiger partial charge in [-0.15, -0.1) is 10.2 Å². The van der Waals surface area contributed by atoms with Crippen LogP contribution in [0.4, 0.5) is 0 Å². The number of nitrogens with two attached hydrogens (primary N) is 1. The quantitative estimate of drug-likeness (QED) is 0.387. The van der Waals surface area contributed by atoms with Gasteiger partial charge in [-0.2, -0.15) is 0 Å². The fourth-order valence-electron chi connectivity index (χ4n) is 1.27. The topological polar surface area (TPSA) is 95.1 Å². The van der Waals surface area contributed by atoms with Gasteiger partial charge in [-0.3, -0.25) is 4.79 Å². The first kappa shape index (κ1) is 14.8. The molecule has 1 aromatic rings. The molecule has 0 radical (unpaired) electrons. The summed E-state index contributed by atoms with van der Waals surface area (Å²) in [5.74, 6) is 6.71. The van der Waals surface area contributed by atoms with Gasteiger partial charge in [-0.1, -0.05) is 18.7 Å². The van der Waals surface area contributed by atoms with Crippen molar-refractivity contribution in [3.05, 3.63) is 5.82 Å². The van der Waals surface area contributed by atoms with Crippen LogP contribution in [0, 0.1) is 0 Å². The van der Waals surface area contributed by atoms with Crippen molar-refractivity contribution >= 4 is 17.7 Å². The molecule has 0 bridgehead atoms. The average Bonchev–Trinajstić information content (AvgIpc) is 2.73. The Bertz CT molecular complexity index is 382. The Morgan fingerprint density at radius 3 is 2.94 bits per heavy atom. The molecule has 0 saturated carbocycles. The van der Waals surface area contributed by atoms with Gasteiger partial charge in [0.1, 0.15) is 0 Å². The number of ether oxygens (including phenoxy) is 1. The molecule has 1 rings (SSSR count). The maximum absolute atomic E-state index is 11.5. The van der Waals surface area contributed by atoms with Gasteiger partial charge in [0.05, 0.1) is 5.75 Å². The minimum absolute atomic E-state index is 0.0443. The van der Waals surface area contributed by atoms with Crippen LogP contribution in [0.1, 0.15) is 19.2 Å². The molecule has 0 fully saturated rings. The zero-order valence-electron chi connectivity index (χ0n) is 10.7. The molecule has 102 valence electrons. The van der Waals surface area contributed by atoms with Crippen LogP contribution in [0.15, 0.2) is 5.16 Å². The highest BCUT2D eigenvalue weighted by molar-refractivity contribution is 7.99. The zero-order valence-corrected chi connectivity index (χ0v) is 11.5. The van der Waals surface area contributed by atoms with Crippen molar-refractivity contribution in [1.29, 1.82) is 0 Å². The third kappa shape index (κ3) is 4.53. The summed E-state index contributed by atoms with van der Waals surface area (Å²) in [4.78, 5) is 11.5. The average molecular weight is 273 g/mol. The third-order valence-corrected chi connectivity index (χ3v) is 3.17. The number of rotatable bonds is 8. The van der Waals surface area contributed by atoms with E-state index in [-0.39, 0.29) is 11.7 Å². The molecule has 8 heteroatoms. The minimum Gasteiger partial charge on any atom is -0.385 e. The largest absolute Gasteiger partial charge is 0.385 e. The van der Waals surface area contributed by atoms with E-state index in [4.69, 9.17) is 10.6 Å². The first-order chi connectivity index (χ1) is 8.69. The standard InChI is InChI=1S/C10H19N5O2S/c1-3-8-13-14-10(15(8)11)18-7-9(16)12-5-4-6-17-2/h3-7,11H2,1-2H3,(H,12,16). The predicted octanol–water partition coefficient (Wildman–Crippen LogP) is -0.201. The second-order valence-electron chi connectivity index (χ2n) is 3.61. The van der Waals surface area contributed by atoms with Crippen LogP contribution in [0.2, 0.25) is 0 Å². The summed E-state index contributed by atoms with van der Waals surface area (Å²) in [6.07, 6.45) is 1.52. The Morgan fingerprint density at radius 1 is 1.56 bits per heavy atom. The maximum Gasteiger partial charge on any atom is 0.230 e. The van der Waals surface area contributed by atoms with Crippen LogP contribution in [0.5, 0.6) is 0 Å². The van der Waals surface area contributed by atoms with Crippen LogP contribution >= 0.6 is 11.8 Å². The van der Waals surface area contributed by atoms with E-state index in [1.165, 1.54) is 16.4 Å². The third-order valence-electron chi connectivity index (χ3n) is 2.23. The molecule has 1 amide bonds. The van der Waals surface area contributed by atoms with Crippen LogP contribution in [-0.2, 0) is 16.0 Å². The second kappa shape index (κ2) is 7.93. The van der Waals surface area contributed by atoms with Crippen LogP contribution in [-0.4, -0.2) is 46.8 Å². The Morgan fingerprint density at radius 2 is 2.33 bits per heavy atom. The SMILES string of the molecule is CCc1nnc(SCC(=O)NCCCOC)n1N. The van der Waals surface area contributed by atoms with Gasteiger partial charge in [0.15, 0.2) is 5.82 Å². The van der Waals surface area contributed by atoms with Crippen LogP contribution < -0.4 is 11.2 Å². The van der Waals surface area contributed by atoms with Gasteiger partial charge in [-0.25, -0.2) is 4.68 Å². The second-order valence-corrected chi connectivity index (χ2v) is 4.55. The van der Waals surface area contributed by atoms with Crippen molar-refractivity contribution in [1.82, 2.24) is 20.2 Å². The number of carbonyl (C=O) groups excluding carboxylic acids is 1. The van der Waals surface area contributed by atoms with Crippen LogP contribution in [0.25, 0.3) is 0 Å².